The van der Waals surface area contributed by atoms with Crippen LogP contribution in [0.15, 0.2) is 18.3 Å². The Morgan fingerprint density at radius 1 is 1.24 bits per heavy atom. The number of alkyl halides is 3. The van der Waals surface area contributed by atoms with E-state index < -0.39 is 11.7 Å². The van der Waals surface area contributed by atoms with Crippen molar-refractivity contribution in [1.82, 2.24) is 10.3 Å². The summed E-state index contributed by atoms with van der Waals surface area (Å²) in [6.07, 6.45) is 1.13. The van der Waals surface area contributed by atoms with Gasteiger partial charge in [-0.3, -0.25) is 0 Å². The topological polar surface area (TPSA) is 28.2 Å². The van der Waals surface area contributed by atoms with E-state index in [1.807, 2.05) is 6.92 Å². The lowest BCUT2D eigenvalue weighted by Crippen LogP contribution is -2.48. The fraction of sp³-hybridized carbons (Fsp3) is 0.667. The van der Waals surface area contributed by atoms with Crippen LogP contribution < -0.4 is 10.2 Å². The van der Waals surface area contributed by atoms with Crippen LogP contribution in [0.25, 0.3) is 0 Å². The van der Waals surface area contributed by atoms with Gasteiger partial charge in [-0.1, -0.05) is 0 Å². The van der Waals surface area contributed by atoms with Gasteiger partial charge < -0.3 is 10.2 Å². The fourth-order valence-corrected chi connectivity index (χ4v) is 3.61. The van der Waals surface area contributed by atoms with Crippen molar-refractivity contribution in [2.45, 2.75) is 56.9 Å². The molecule has 1 aromatic rings. The molecule has 3 nitrogen and oxygen atoms in total. The van der Waals surface area contributed by atoms with Gasteiger partial charge in [0.2, 0.25) is 0 Å². The SMILES string of the molecule is CCN(c1ccc(C(F)(F)F)cn1)C1CC2CCC(C1)N2. The van der Waals surface area contributed by atoms with E-state index in [2.05, 4.69) is 15.2 Å². The third-order valence-corrected chi connectivity index (χ3v) is 4.60. The van der Waals surface area contributed by atoms with E-state index in [1.165, 1.54) is 18.9 Å². The van der Waals surface area contributed by atoms with Crippen molar-refractivity contribution in [3.63, 3.8) is 0 Å². The molecule has 1 aromatic heterocycles. The van der Waals surface area contributed by atoms with Crippen LogP contribution in [0.4, 0.5) is 19.0 Å². The summed E-state index contributed by atoms with van der Waals surface area (Å²) in [7, 11) is 0. The average molecular weight is 299 g/mol. The summed E-state index contributed by atoms with van der Waals surface area (Å²) in [5, 5.41) is 3.58. The maximum absolute atomic E-state index is 12.6. The standard InChI is InChI=1S/C15H20F3N3/c1-2-21(13-7-11-4-5-12(8-13)20-11)14-6-3-10(9-19-14)15(16,17)18/h3,6,9,11-13,20H,2,4-5,7-8H2,1H3. The van der Waals surface area contributed by atoms with E-state index in [4.69, 9.17) is 0 Å². The lowest BCUT2D eigenvalue weighted by molar-refractivity contribution is -0.137. The van der Waals surface area contributed by atoms with Crippen LogP contribution in [0.3, 0.4) is 0 Å². The van der Waals surface area contributed by atoms with Crippen LogP contribution >= 0.6 is 0 Å². The lowest BCUT2D eigenvalue weighted by Gasteiger charge is -2.38. The second kappa shape index (κ2) is 5.48. The van der Waals surface area contributed by atoms with E-state index in [-0.39, 0.29) is 0 Å². The Morgan fingerprint density at radius 3 is 2.38 bits per heavy atom. The Morgan fingerprint density at radius 2 is 1.90 bits per heavy atom. The number of aromatic nitrogens is 1. The zero-order valence-electron chi connectivity index (χ0n) is 12.0. The van der Waals surface area contributed by atoms with Crippen molar-refractivity contribution in [2.75, 3.05) is 11.4 Å². The zero-order valence-corrected chi connectivity index (χ0v) is 12.0. The summed E-state index contributed by atoms with van der Waals surface area (Å²) in [5.74, 6) is 0.650. The monoisotopic (exact) mass is 299 g/mol. The van der Waals surface area contributed by atoms with Crippen LogP contribution in [-0.4, -0.2) is 29.7 Å². The maximum Gasteiger partial charge on any atom is 0.417 e. The van der Waals surface area contributed by atoms with Crippen molar-refractivity contribution in [3.05, 3.63) is 23.9 Å². The molecule has 0 saturated carbocycles. The fourth-order valence-electron chi connectivity index (χ4n) is 3.61. The zero-order chi connectivity index (χ0) is 15.0. The van der Waals surface area contributed by atoms with Gasteiger partial charge in [0.1, 0.15) is 5.82 Å². The summed E-state index contributed by atoms with van der Waals surface area (Å²) in [5.41, 5.74) is -0.687. The Balaban J connectivity index is 1.77. The minimum Gasteiger partial charge on any atom is -0.354 e. The first-order valence-electron chi connectivity index (χ1n) is 7.53. The number of hydrogen-bond acceptors (Lipinski definition) is 3. The summed E-state index contributed by atoms with van der Waals surface area (Å²) >= 11 is 0. The molecule has 21 heavy (non-hydrogen) atoms. The van der Waals surface area contributed by atoms with Gasteiger partial charge >= 0.3 is 6.18 Å². The number of rotatable bonds is 3. The molecule has 3 rings (SSSR count). The number of pyridine rings is 1. The normalized spacial score (nSPS) is 28.7. The lowest BCUT2D eigenvalue weighted by atomic mass is 9.98. The molecule has 2 aliphatic rings. The van der Waals surface area contributed by atoms with Crippen LogP contribution in [-0.2, 0) is 6.18 Å². The second-order valence-electron chi connectivity index (χ2n) is 5.95. The predicted octanol–water partition coefficient (Wildman–Crippen LogP) is 3.21. The van der Waals surface area contributed by atoms with Gasteiger partial charge in [0, 0.05) is 30.9 Å². The highest BCUT2D eigenvalue weighted by Crippen LogP contribution is 2.33. The highest BCUT2D eigenvalue weighted by Gasteiger charge is 2.36. The second-order valence-corrected chi connectivity index (χ2v) is 5.95. The van der Waals surface area contributed by atoms with Crippen LogP contribution in [0.5, 0.6) is 0 Å². The minimum atomic E-state index is -4.32. The molecule has 1 N–H and O–H groups in total. The first kappa shape index (κ1) is 14.6. The Bertz CT molecular complexity index is 474. The molecule has 0 amide bonds. The Labute approximate surface area is 122 Å². The average Bonchev–Trinajstić information content (AvgIpc) is 2.78. The van der Waals surface area contributed by atoms with Crippen LogP contribution in [0, 0.1) is 0 Å². The van der Waals surface area contributed by atoms with Gasteiger partial charge in [0.15, 0.2) is 0 Å². The Kier molecular flexibility index (Phi) is 3.82. The Hall–Kier alpha value is -1.30. The molecular formula is C15H20F3N3. The van der Waals surface area contributed by atoms with Crippen molar-refractivity contribution >= 4 is 5.82 Å². The maximum atomic E-state index is 12.6. The summed E-state index contributed by atoms with van der Waals surface area (Å²) in [4.78, 5) is 6.19. The summed E-state index contributed by atoms with van der Waals surface area (Å²) < 4.78 is 37.8. The van der Waals surface area contributed by atoms with Gasteiger partial charge in [-0.25, -0.2) is 4.98 Å². The molecule has 3 heterocycles. The number of nitrogens with zero attached hydrogens (tertiary/aromatic N) is 2. The molecule has 2 bridgehead atoms. The number of piperidine rings is 1. The molecule has 0 spiro atoms. The molecule has 2 atom stereocenters. The highest BCUT2D eigenvalue weighted by atomic mass is 19.4. The molecule has 0 radical (unpaired) electrons. The summed E-state index contributed by atoms with van der Waals surface area (Å²) in [6, 6.07) is 4.10. The third kappa shape index (κ3) is 3.00. The van der Waals surface area contributed by atoms with Gasteiger partial charge in [-0.15, -0.1) is 0 Å². The van der Waals surface area contributed by atoms with Crippen molar-refractivity contribution < 1.29 is 13.2 Å². The molecule has 2 aliphatic heterocycles. The van der Waals surface area contributed by atoms with Crippen molar-refractivity contribution in [2.24, 2.45) is 0 Å². The number of hydrogen-bond donors (Lipinski definition) is 1. The number of fused-ring (bicyclic) bond motifs is 2. The highest BCUT2D eigenvalue weighted by molar-refractivity contribution is 5.41. The van der Waals surface area contributed by atoms with Crippen molar-refractivity contribution in [3.8, 4) is 0 Å². The van der Waals surface area contributed by atoms with E-state index in [1.54, 1.807) is 0 Å². The van der Waals surface area contributed by atoms with Gasteiger partial charge in [0.05, 0.1) is 5.56 Å². The van der Waals surface area contributed by atoms with Crippen LogP contribution in [0.1, 0.15) is 38.2 Å². The third-order valence-electron chi connectivity index (χ3n) is 4.60. The van der Waals surface area contributed by atoms with Gasteiger partial charge in [-0.2, -0.15) is 13.2 Å². The largest absolute Gasteiger partial charge is 0.417 e. The van der Waals surface area contributed by atoms with E-state index in [0.717, 1.165) is 31.6 Å². The van der Waals surface area contributed by atoms with Crippen molar-refractivity contribution in [1.29, 1.82) is 0 Å². The molecule has 0 aromatic carbocycles. The molecule has 2 unspecified atom stereocenters. The minimum absolute atomic E-state index is 0.373. The molecule has 2 fully saturated rings. The number of nitrogens with one attached hydrogen (secondary N) is 1. The quantitative estimate of drug-likeness (QED) is 0.929. The predicted molar refractivity (Wildman–Crippen MR) is 75.2 cm³/mol. The molecule has 2 saturated heterocycles. The van der Waals surface area contributed by atoms with Gasteiger partial charge in [0.25, 0.3) is 0 Å². The molecule has 6 heteroatoms. The number of halogens is 3. The van der Waals surface area contributed by atoms with E-state index in [9.17, 15) is 13.2 Å². The first-order valence-corrected chi connectivity index (χ1v) is 7.53. The van der Waals surface area contributed by atoms with Gasteiger partial charge in [-0.05, 0) is 44.7 Å². The smallest absolute Gasteiger partial charge is 0.354 e. The molecule has 0 aliphatic carbocycles. The molecule has 116 valence electrons. The van der Waals surface area contributed by atoms with Crippen LogP contribution in [0.2, 0.25) is 0 Å². The van der Waals surface area contributed by atoms with E-state index >= 15 is 0 Å². The summed E-state index contributed by atoms with van der Waals surface area (Å²) in [6.45, 7) is 2.80. The number of anilines is 1. The van der Waals surface area contributed by atoms with E-state index in [0.29, 0.717) is 23.9 Å². The first-order chi connectivity index (χ1) is 9.97. The molecular weight excluding hydrogens is 279 g/mol.